The summed E-state index contributed by atoms with van der Waals surface area (Å²) in [5.74, 6) is 0. The van der Waals surface area contributed by atoms with Crippen LogP contribution in [0, 0.1) is 6.92 Å². The third-order valence-corrected chi connectivity index (χ3v) is 1.72. The van der Waals surface area contributed by atoms with E-state index in [0.717, 1.165) is 6.07 Å². The van der Waals surface area contributed by atoms with Crippen molar-refractivity contribution >= 4 is 0 Å². The van der Waals surface area contributed by atoms with E-state index in [1.807, 2.05) is 0 Å². The van der Waals surface area contributed by atoms with Gasteiger partial charge in [-0.25, -0.2) is 0 Å². The Morgan fingerprint density at radius 3 is 2.43 bits per heavy atom. The molecule has 0 aliphatic heterocycles. The number of hydrogen-bond acceptors (Lipinski definition) is 1. The van der Waals surface area contributed by atoms with Crippen LogP contribution in [0.25, 0.3) is 0 Å². The molecule has 0 saturated heterocycles. The van der Waals surface area contributed by atoms with Gasteiger partial charge in [0.05, 0.1) is 12.2 Å². The van der Waals surface area contributed by atoms with Gasteiger partial charge in [-0.15, -0.1) is 0 Å². The molecule has 0 unspecified atom stereocenters. The van der Waals surface area contributed by atoms with Crippen molar-refractivity contribution in [1.82, 2.24) is 0 Å². The Balaban J connectivity index is 2.92. The van der Waals surface area contributed by atoms with Gasteiger partial charge in [0, 0.05) is 6.61 Å². The minimum atomic E-state index is -4.32. The zero-order chi connectivity index (χ0) is 10.6. The average molecular weight is 203 g/mol. The summed E-state index contributed by atoms with van der Waals surface area (Å²) in [6, 6.07) is 5.35. The van der Waals surface area contributed by atoms with Crippen LogP contribution < -0.4 is 0 Å². The number of ether oxygens (including phenoxy) is 1. The molecule has 0 saturated carbocycles. The Morgan fingerprint density at radius 2 is 1.86 bits per heavy atom. The molecule has 0 amide bonds. The van der Waals surface area contributed by atoms with Gasteiger partial charge in [-0.2, -0.15) is 13.2 Å². The molecule has 1 rings (SSSR count). The topological polar surface area (TPSA) is 9.23 Å². The Labute approximate surface area is 80.5 Å². The number of alkyl halides is 3. The maximum absolute atomic E-state index is 12.4. The molecule has 1 aromatic rings. The van der Waals surface area contributed by atoms with E-state index in [0.29, 0.717) is 0 Å². The average Bonchev–Trinajstić information content (AvgIpc) is 2.14. The van der Waals surface area contributed by atoms with Crippen LogP contribution in [0.15, 0.2) is 24.3 Å². The van der Waals surface area contributed by atoms with Gasteiger partial charge >= 0.3 is 6.18 Å². The molecular weight excluding hydrogens is 193 g/mol. The summed E-state index contributed by atoms with van der Waals surface area (Å²) in [5, 5.41) is 0. The molecule has 0 aromatic heterocycles. The predicted molar refractivity (Wildman–Crippen MR) is 46.5 cm³/mol. The summed E-state index contributed by atoms with van der Waals surface area (Å²) in [5.41, 5.74) is -0.503. The van der Waals surface area contributed by atoms with Crippen molar-refractivity contribution in [3.63, 3.8) is 0 Å². The maximum atomic E-state index is 12.4. The van der Waals surface area contributed by atoms with Crippen molar-refractivity contribution in [2.75, 3.05) is 6.61 Å². The first-order chi connectivity index (χ1) is 6.55. The maximum Gasteiger partial charge on any atom is 0.416 e. The summed E-state index contributed by atoms with van der Waals surface area (Å²) < 4.78 is 42.1. The second-order valence-electron chi connectivity index (χ2n) is 2.71. The van der Waals surface area contributed by atoms with E-state index in [-0.39, 0.29) is 18.8 Å². The van der Waals surface area contributed by atoms with Crippen molar-refractivity contribution in [2.24, 2.45) is 0 Å². The van der Waals surface area contributed by atoms with E-state index in [1.54, 1.807) is 6.07 Å². The van der Waals surface area contributed by atoms with Gasteiger partial charge in [-0.3, -0.25) is 0 Å². The second-order valence-corrected chi connectivity index (χ2v) is 2.71. The van der Waals surface area contributed by atoms with Crippen LogP contribution in [-0.4, -0.2) is 6.61 Å². The molecule has 0 bridgehead atoms. The van der Waals surface area contributed by atoms with E-state index in [1.165, 1.54) is 12.1 Å². The van der Waals surface area contributed by atoms with Crippen molar-refractivity contribution in [1.29, 1.82) is 0 Å². The molecule has 1 nitrogen and oxygen atoms in total. The van der Waals surface area contributed by atoms with Crippen LogP contribution in [0.4, 0.5) is 13.2 Å². The van der Waals surface area contributed by atoms with E-state index in [2.05, 4.69) is 6.92 Å². The van der Waals surface area contributed by atoms with Gasteiger partial charge in [0.2, 0.25) is 0 Å². The molecule has 0 aliphatic carbocycles. The summed E-state index contributed by atoms with van der Waals surface area (Å²) >= 11 is 0. The molecule has 77 valence electrons. The molecule has 14 heavy (non-hydrogen) atoms. The van der Waals surface area contributed by atoms with E-state index in [9.17, 15) is 13.2 Å². The zero-order valence-electron chi connectivity index (χ0n) is 7.47. The third kappa shape index (κ3) is 2.73. The fraction of sp³-hybridized carbons (Fsp3) is 0.300. The summed E-state index contributed by atoms with van der Waals surface area (Å²) in [6.07, 6.45) is -4.32. The van der Waals surface area contributed by atoms with Crippen molar-refractivity contribution in [3.05, 3.63) is 42.3 Å². The summed E-state index contributed by atoms with van der Waals surface area (Å²) in [4.78, 5) is 0. The molecule has 4 heteroatoms. The van der Waals surface area contributed by atoms with Crippen LogP contribution in [0.5, 0.6) is 0 Å². The van der Waals surface area contributed by atoms with E-state index in [4.69, 9.17) is 4.74 Å². The zero-order valence-corrected chi connectivity index (χ0v) is 7.47. The second kappa shape index (κ2) is 4.46. The van der Waals surface area contributed by atoms with Crippen LogP contribution in [-0.2, 0) is 17.5 Å². The Morgan fingerprint density at radius 1 is 1.21 bits per heavy atom. The first kappa shape index (κ1) is 11.0. The largest absolute Gasteiger partial charge is 0.416 e. The summed E-state index contributed by atoms with van der Waals surface area (Å²) in [6.45, 7) is 3.49. The monoisotopic (exact) mass is 203 g/mol. The van der Waals surface area contributed by atoms with Gasteiger partial charge in [-0.1, -0.05) is 18.2 Å². The molecule has 1 aromatic carbocycles. The lowest BCUT2D eigenvalue weighted by atomic mass is 10.1. The highest BCUT2D eigenvalue weighted by Crippen LogP contribution is 2.31. The lowest BCUT2D eigenvalue weighted by Gasteiger charge is -2.11. The molecule has 0 aliphatic rings. The van der Waals surface area contributed by atoms with Crippen molar-refractivity contribution < 1.29 is 17.9 Å². The number of halogens is 3. The lowest BCUT2D eigenvalue weighted by Crippen LogP contribution is -2.09. The van der Waals surface area contributed by atoms with Gasteiger partial charge in [0.15, 0.2) is 0 Å². The molecule has 0 atom stereocenters. The Hall–Kier alpha value is -1.03. The highest BCUT2D eigenvalue weighted by molar-refractivity contribution is 5.28. The standard InChI is InChI=1S/C10H10F3O/c1-2-14-7-8-5-3-4-6-9(8)10(11,12)13/h3-6H,1-2,7H2. The van der Waals surface area contributed by atoms with Gasteiger partial charge in [0.25, 0.3) is 0 Å². The minimum Gasteiger partial charge on any atom is -0.377 e. The van der Waals surface area contributed by atoms with Crippen molar-refractivity contribution in [2.45, 2.75) is 12.8 Å². The fourth-order valence-electron chi connectivity index (χ4n) is 1.10. The molecule has 0 heterocycles. The highest BCUT2D eigenvalue weighted by Gasteiger charge is 2.32. The van der Waals surface area contributed by atoms with Crippen LogP contribution >= 0.6 is 0 Å². The molecule has 1 radical (unpaired) electrons. The number of benzene rings is 1. The van der Waals surface area contributed by atoms with E-state index < -0.39 is 11.7 Å². The molecular formula is C10H10F3O. The Bertz CT molecular complexity index is 294. The normalized spacial score (nSPS) is 11.7. The summed E-state index contributed by atoms with van der Waals surface area (Å²) in [7, 11) is 0. The Kier molecular flexibility index (Phi) is 3.52. The first-order valence-electron chi connectivity index (χ1n) is 4.08. The number of rotatable bonds is 3. The fourth-order valence-corrected chi connectivity index (χ4v) is 1.10. The van der Waals surface area contributed by atoms with Crippen molar-refractivity contribution in [3.8, 4) is 0 Å². The number of hydrogen-bond donors (Lipinski definition) is 0. The minimum absolute atomic E-state index is 0.0564. The first-order valence-corrected chi connectivity index (χ1v) is 4.08. The lowest BCUT2D eigenvalue weighted by molar-refractivity contribution is -0.138. The molecule has 0 spiro atoms. The van der Waals surface area contributed by atoms with Crippen LogP contribution in [0.1, 0.15) is 11.1 Å². The van der Waals surface area contributed by atoms with E-state index >= 15 is 0 Å². The van der Waals surface area contributed by atoms with Gasteiger partial charge in [-0.05, 0) is 18.6 Å². The SMILES string of the molecule is [CH2]COCc1ccccc1C(F)(F)F. The van der Waals surface area contributed by atoms with Crippen LogP contribution in [0.3, 0.4) is 0 Å². The highest BCUT2D eigenvalue weighted by atomic mass is 19.4. The molecule has 0 fully saturated rings. The van der Waals surface area contributed by atoms with Gasteiger partial charge < -0.3 is 4.74 Å². The predicted octanol–water partition coefficient (Wildman–Crippen LogP) is 3.06. The third-order valence-electron chi connectivity index (χ3n) is 1.72. The molecule has 0 N–H and O–H groups in total. The van der Waals surface area contributed by atoms with Crippen LogP contribution in [0.2, 0.25) is 0 Å². The van der Waals surface area contributed by atoms with Gasteiger partial charge in [0.1, 0.15) is 0 Å². The quantitative estimate of drug-likeness (QED) is 0.733. The smallest absolute Gasteiger partial charge is 0.377 e.